The molecule has 7 nitrogen and oxygen atoms in total. The van der Waals surface area contributed by atoms with Crippen LogP contribution in [0.4, 0.5) is 18.3 Å². The van der Waals surface area contributed by atoms with Gasteiger partial charge in [-0.2, -0.15) is 13.2 Å². The number of aromatic nitrogens is 1. The third kappa shape index (κ3) is 5.08. The Labute approximate surface area is 169 Å². The number of nitrogens with one attached hydrogen (secondary N) is 2. The van der Waals surface area contributed by atoms with Gasteiger partial charge in [-0.05, 0) is 31.0 Å². The van der Waals surface area contributed by atoms with Crippen molar-refractivity contribution in [2.24, 2.45) is 5.92 Å². The number of methoxy groups -OCH3 is 1. The second-order valence-corrected chi connectivity index (χ2v) is 7.62. The number of carbonyl (C=O) groups is 2. The smallest absolute Gasteiger partial charge is 0.442 e. The van der Waals surface area contributed by atoms with Gasteiger partial charge in [0.05, 0.1) is 23.9 Å². The molecule has 2 N–H and O–H groups in total. The minimum Gasteiger partial charge on any atom is -0.494 e. The largest absolute Gasteiger partial charge is 0.494 e. The van der Waals surface area contributed by atoms with E-state index in [2.05, 4.69) is 15.0 Å². The van der Waals surface area contributed by atoms with Crippen molar-refractivity contribution in [3.63, 3.8) is 0 Å². The molecule has 2 rings (SSSR count). The number of ether oxygens (including phenoxy) is 2. The van der Waals surface area contributed by atoms with Crippen LogP contribution in [0, 0.1) is 5.92 Å². The van der Waals surface area contributed by atoms with E-state index in [9.17, 15) is 22.8 Å². The van der Waals surface area contributed by atoms with Crippen LogP contribution in [0.3, 0.4) is 0 Å². The van der Waals surface area contributed by atoms with Crippen molar-refractivity contribution in [2.45, 2.75) is 39.0 Å². The number of esters is 1. The molecule has 0 spiro atoms. The van der Waals surface area contributed by atoms with Crippen LogP contribution in [0.25, 0.3) is 10.2 Å². The quantitative estimate of drug-likeness (QED) is 0.487. The molecule has 0 aliphatic heterocycles. The van der Waals surface area contributed by atoms with Crippen LogP contribution < -0.4 is 15.4 Å². The molecule has 0 saturated carbocycles. The maximum atomic E-state index is 14.0. The first-order valence-electron chi connectivity index (χ1n) is 8.80. The Balaban J connectivity index is 2.46. The third-order valence-electron chi connectivity index (χ3n) is 3.80. The summed E-state index contributed by atoms with van der Waals surface area (Å²) in [5, 5.41) is 3.63. The molecule has 0 radical (unpaired) electrons. The van der Waals surface area contributed by atoms with Crippen molar-refractivity contribution in [2.75, 3.05) is 19.0 Å². The molecule has 1 atom stereocenters. The van der Waals surface area contributed by atoms with Crippen molar-refractivity contribution < 1.29 is 32.2 Å². The van der Waals surface area contributed by atoms with Gasteiger partial charge in [-0.1, -0.05) is 25.2 Å². The number of benzene rings is 1. The summed E-state index contributed by atoms with van der Waals surface area (Å²) in [5.41, 5.74) is -3.06. The van der Waals surface area contributed by atoms with Crippen LogP contribution in [0.2, 0.25) is 0 Å². The van der Waals surface area contributed by atoms with Gasteiger partial charge < -0.3 is 20.1 Å². The number of fused-ring (bicyclic) bond motifs is 1. The summed E-state index contributed by atoms with van der Waals surface area (Å²) in [6, 6.07) is 4.86. The molecule has 29 heavy (non-hydrogen) atoms. The van der Waals surface area contributed by atoms with Gasteiger partial charge in [0.25, 0.3) is 0 Å². The molecule has 2 aromatic rings. The van der Waals surface area contributed by atoms with Gasteiger partial charge in [0.1, 0.15) is 5.75 Å². The molecule has 11 heteroatoms. The number of amides is 1. The summed E-state index contributed by atoms with van der Waals surface area (Å²) in [7, 11) is 0.811. The molecule has 1 amide bonds. The van der Waals surface area contributed by atoms with Crippen LogP contribution in [-0.2, 0) is 14.3 Å². The number of halogens is 3. The molecule has 1 aromatic heterocycles. The lowest BCUT2D eigenvalue weighted by Gasteiger charge is -2.34. The number of alkyl halides is 3. The minimum absolute atomic E-state index is 0.200. The first-order chi connectivity index (χ1) is 13.5. The molecule has 1 aromatic carbocycles. The molecule has 0 aliphatic rings. The molecule has 0 saturated heterocycles. The van der Waals surface area contributed by atoms with E-state index in [4.69, 9.17) is 4.74 Å². The number of rotatable bonds is 8. The number of hydrogen-bond donors (Lipinski definition) is 2. The average Bonchev–Trinajstić information content (AvgIpc) is 3.00. The van der Waals surface area contributed by atoms with Gasteiger partial charge in [0.2, 0.25) is 5.91 Å². The maximum Gasteiger partial charge on any atom is 0.442 e. The van der Waals surface area contributed by atoms with Gasteiger partial charge in [0.15, 0.2) is 5.13 Å². The Hall–Kier alpha value is -2.56. The lowest BCUT2D eigenvalue weighted by Crippen LogP contribution is -2.69. The fourth-order valence-electron chi connectivity index (χ4n) is 2.55. The minimum atomic E-state index is -5.19. The van der Waals surface area contributed by atoms with E-state index in [1.165, 1.54) is 0 Å². The summed E-state index contributed by atoms with van der Waals surface area (Å²) in [4.78, 5) is 28.4. The first-order valence-corrected chi connectivity index (χ1v) is 9.61. The van der Waals surface area contributed by atoms with E-state index in [0.29, 0.717) is 22.6 Å². The van der Waals surface area contributed by atoms with Crippen LogP contribution >= 0.6 is 11.3 Å². The first kappa shape index (κ1) is 22.7. The predicted molar refractivity (Wildman–Crippen MR) is 103 cm³/mol. The highest BCUT2D eigenvalue weighted by atomic mass is 32.1. The van der Waals surface area contributed by atoms with E-state index in [1.54, 1.807) is 44.3 Å². The zero-order valence-corrected chi connectivity index (χ0v) is 17.2. The molecular weight excluding hydrogens is 411 g/mol. The number of carbonyl (C=O) groups excluding carboxylic acids is 2. The fourth-order valence-corrected chi connectivity index (χ4v) is 3.50. The van der Waals surface area contributed by atoms with Gasteiger partial charge in [0, 0.05) is 6.42 Å². The molecular formula is C18H22F3N3O4S. The van der Waals surface area contributed by atoms with E-state index in [1.807, 2.05) is 0 Å². The normalized spacial score (nSPS) is 13.8. The number of anilines is 1. The van der Waals surface area contributed by atoms with E-state index >= 15 is 0 Å². The summed E-state index contributed by atoms with van der Waals surface area (Å²) >= 11 is 0.888. The van der Waals surface area contributed by atoms with E-state index < -0.39 is 23.7 Å². The second kappa shape index (κ2) is 8.85. The monoisotopic (exact) mass is 433 g/mol. The van der Waals surface area contributed by atoms with Gasteiger partial charge in [-0.25, -0.2) is 9.78 Å². The summed E-state index contributed by atoms with van der Waals surface area (Å²) < 4.78 is 52.3. The Morgan fingerprint density at radius 2 is 1.97 bits per heavy atom. The van der Waals surface area contributed by atoms with Gasteiger partial charge >= 0.3 is 17.8 Å². The SMILES string of the molecule is CCOc1ccc2nc(N[C@@](NC(=O)CC(C)C)(C(=O)OC)C(F)(F)F)sc2c1. The highest BCUT2D eigenvalue weighted by Crippen LogP contribution is 2.36. The van der Waals surface area contributed by atoms with Crippen LogP contribution in [0.5, 0.6) is 5.75 Å². The van der Waals surface area contributed by atoms with E-state index in [-0.39, 0.29) is 17.5 Å². The van der Waals surface area contributed by atoms with Crippen LogP contribution in [-0.4, -0.2) is 42.4 Å². The zero-order chi connectivity index (χ0) is 21.8. The summed E-state index contributed by atoms with van der Waals surface area (Å²) in [5.74, 6) is -2.32. The highest BCUT2D eigenvalue weighted by molar-refractivity contribution is 7.22. The molecule has 0 bridgehead atoms. The Morgan fingerprint density at radius 1 is 1.28 bits per heavy atom. The fraction of sp³-hybridized carbons (Fsp3) is 0.500. The standard InChI is InChI=1S/C18H22F3N3O4S/c1-5-28-11-6-7-12-13(9-11)29-16(22-12)24-17(15(26)27-4,18(19,20)21)23-14(25)8-10(2)3/h6-7,9-10H,5,8H2,1-4H3,(H,22,24)(H,23,25)/t17-/m0/s1. The molecule has 0 unspecified atom stereocenters. The molecule has 1 heterocycles. The zero-order valence-electron chi connectivity index (χ0n) is 16.3. The van der Waals surface area contributed by atoms with Crippen molar-refractivity contribution >= 4 is 38.6 Å². The lowest BCUT2D eigenvalue weighted by atomic mass is 10.1. The van der Waals surface area contributed by atoms with Crippen molar-refractivity contribution in [3.8, 4) is 5.75 Å². The van der Waals surface area contributed by atoms with Crippen molar-refractivity contribution in [1.29, 1.82) is 0 Å². The second-order valence-electron chi connectivity index (χ2n) is 6.59. The number of nitrogens with zero attached hydrogens (tertiary/aromatic N) is 1. The predicted octanol–water partition coefficient (Wildman–Crippen LogP) is 3.70. The highest BCUT2D eigenvalue weighted by Gasteiger charge is 2.63. The summed E-state index contributed by atoms with van der Waals surface area (Å²) in [6.07, 6.45) is -5.39. The Morgan fingerprint density at radius 3 is 2.52 bits per heavy atom. The third-order valence-corrected chi connectivity index (χ3v) is 4.74. The average molecular weight is 433 g/mol. The Kier molecular flexibility index (Phi) is 6.93. The topological polar surface area (TPSA) is 89.5 Å². The van der Waals surface area contributed by atoms with Crippen molar-refractivity contribution in [3.05, 3.63) is 18.2 Å². The van der Waals surface area contributed by atoms with Crippen LogP contribution in [0.15, 0.2) is 18.2 Å². The van der Waals surface area contributed by atoms with Gasteiger partial charge in [-0.3, -0.25) is 4.79 Å². The molecule has 0 aliphatic carbocycles. The Bertz CT molecular complexity index is 885. The van der Waals surface area contributed by atoms with E-state index in [0.717, 1.165) is 18.4 Å². The molecule has 0 fully saturated rings. The van der Waals surface area contributed by atoms with Crippen LogP contribution in [0.1, 0.15) is 27.2 Å². The number of hydrogen-bond acceptors (Lipinski definition) is 7. The van der Waals surface area contributed by atoms with Gasteiger partial charge in [-0.15, -0.1) is 0 Å². The summed E-state index contributed by atoms with van der Waals surface area (Å²) in [6.45, 7) is 5.57. The lowest BCUT2D eigenvalue weighted by molar-refractivity contribution is -0.206. The maximum absolute atomic E-state index is 14.0. The molecule has 160 valence electrons. The number of thiazole rings is 1. The van der Waals surface area contributed by atoms with Crippen molar-refractivity contribution in [1.82, 2.24) is 10.3 Å².